The van der Waals surface area contributed by atoms with Gasteiger partial charge >= 0.3 is 0 Å². The van der Waals surface area contributed by atoms with Crippen LogP contribution in [0, 0.1) is 0 Å². The van der Waals surface area contributed by atoms with E-state index in [1.807, 2.05) is 24.5 Å². The maximum Gasteiger partial charge on any atom is 0.223 e. The summed E-state index contributed by atoms with van der Waals surface area (Å²) in [6, 6.07) is 5.85. The Morgan fingerprint density at radius 1 is 1.20 bits per heavy atom. The number of fused-ring (bicyclic) bond motifs is 1. The van der Waals surface area contributed by atoms with Gasteiger partial charge in [-0.2, -0.15) is 4.98 Å². The first-order valence-corrected chi connectivity index (χ1v) is 9.31. The highest BCUT2D eigenvalue weighted by atomic mass is 32.2. The molecule has 0 spiro atoms. The Morgan fingerprint density at radius 3 is 2.72 bits per heavy atom. The van der Waals surface area contributed by atoms with E-state index in [0.717, 1.165) is 39.9 Å². The molecule has 0 aliphatic carbocycles. The molecule has 2 heterocycles. The van der Waals surface area contributed by atoms with Crippen molar-refractivity contribution < 1.29 is 5.11 Å². The fourth-order valence-corrected chi connectivity index (χ4v) is 3.60. The zero-order valence-electron chi connectivity index (χ0n) is 14.3. The lowest BCUT2D eigenvalue weighted by Gasteiger charge is -2.14. The van der Waals surface area contributed by atoms with Crippen molar-refractivity contribution in [2.75, 3.05) is 17.7 Å². The maximum atomic E-state index is 10.5. The monoisotopic (exact) mass is 355 g/mol. The van der Waals surface area contributed by atoms with Crippen LogP contribution in [0.15, 0.2) is 29.4 Å². The fraction of sp³-hybridized carbons (Fsp3) is 0.278. The minimum atomic E-state index is 0.175. The van der Waals surface area contributed by atoms with Gasteiger partial charge in [-0.1, -0.05) is 25.5 Å². The minimum absolute atomic E-state index is 0.175. The summed E-state index contributed by atoms with van der Waals surface area (Å²) in [4.78, 5) is 12.8. The second-order valence-corrected chi connectivity index (χ2v) is 6.62. The van der Waals surface area contributed by atoms with Gasteiger partial charge in [-0.25, -0.2) is 4.98 Å². The molecule has 2 aromatic heterocycles. The molecule has 1 aromatic carbocycles. The van der Waals surface area contributed by atoms with Crippen molar-refractivity contribution in [2.24, 2.45) is 0 Å². The molecular weight excluding hydrogens is 334 g/mol. The van der Waals surface area contributed by atoms with Gasteiger partial charge in [0.15, 0.2) is 0 Å². The Hall–Kier alpha value is -2.54. The van der Waals surface area contributed by atoms with Crippen molar-refractivity contribution in [3.05, 3.63) is 41.1 Å². The number of pyridine rings is 1. The second kappa shape index (κ2) is 7.14. The molecule has 3 rings (SSSR count). The third-order valence-corrected chi connectivity index (χ3v) is 4.85. The SMILES string of the molecule is CCCc1cc(Cc2c(N)nc(N)nc2SC)c2cccnc2c1O. The number of benzene rings is 1. The number of nitrogen functional groups attached to an aromatic ring is 2. The van der Waals surface area contributed by atoms with Crippen LogP contribution in [0.1, 0.15) is 30.0 Å². The van der Waals surface area contributed by atoms with Crippen LogP contribution in [0.3, 0.4) is 0 Å². The molecular formula is C18H21N5OS. The van der Waals surface area contributed by atoms with E-state index in [-0.39, 0.29) is 11.7 Å². The van der Waals surface area contributed by atoms with Crippen LogP contribution in [-0.2, 0) is 12.8 Å². The predicted molar refractivity (Wildman–Crippen MR) is 103 cm³/mol. The maximum absolute atomic E-state index is 10.5. The van der Waals surface area contributed by atoms with Crippen molar-refractivity contribution >= 4 is 34.4 Å². The number of phenolic OH excluding ortho intramolecular Hbond substituents is 1. The molecule has 25 heavy (non-hydrogen) atoms. The van der Waals surface area contributed by atoms with Crippen LogP contribution in [0.25, 0.3) is 10.9 Å². The fourth-order valence-electron chi connectivity index (χ4n) is 2.99. The third kappa shape index (κ3) is 3.32. The highest BCUT2D eigenvalue weighted by molar-refractivity contribution is 7.98. The zero-order chi connectivity index (χ0) is 18.0. The van der Waals surface area contributed by atoms with Gasteiger partial charge in [0, 0.05) is 23.6 Å². The van der Waals surface area contributed by atoms with E-state index in [1.54, 1.807) is 6.20 Å². The summed E-state index contributed by atoms with van der Waals surface area (Å²) in [7, 11) is 0. The number of aromatic hydroxyl groups is 1. The molecule has 0 unspecified atom stereocenters. The largest absolute Gasteiger partial charge is 0.505 e. The highest BCUT2D eigenvalue weighted by Crippen LogP contribution is 2.34. The lowest BCUT2D eigenvalue weighted by Crippen LogP contribution is -2.07. The van der Waals surface area contributed by atoms with Gasteiger partial charge in [0.25, 0.3) is 0 Å². The Balaban J connectivity index is 2.18. The molecule has 6 nitrogen and oxygen atoms in total. The average Bonchev–Trinajstić information content (AvgIpc) is 2.60. The number of hydrogen-bond donors (Lipinski definition) is 3. The van der Waals surface area contributed by atoms with E-state index in [0.29, 0.717) is 17.8 Å². The number of nitrogens with two attached hydrogens (primary N) is 2. The number of thioether (sulfide) groups is 1. The number of nitrogens with zero attached hydrogens (tertiary/aromatic N) is 3. The Kier molecular flexibility index (Phi) is 4.94. The first kappa shape index (κ1) is 17.3. The minimum Gasteiger partial charge on any atom is -0.505 e. The van der Waals surface area contributed by atoms with Crippen LogP contribution < -0.4 is 11.5 Å². The zero-order valence-corrected chi connectivity index (χ0v) is 15.1. The average molecular weight is 355 g/mol. The van der Waals surface area contributed by atoms with Crippen LogP contribution in [0.2, 0.25) is 0 Å². The number of rotatable bonds is 5. The molecule has 130 valence electrons. The van der Waals surface area contributed by atoms with Crippen LogP contribution in [-0.4, -0.2) is 26.3 Å². The van der Waals surface area contributed by atoms with Gasteiger partial charge in [-0.05, 0) is 29.9 Å². The topological polar surface area (TPSA) is 111 Å². The number of aryl methyl sites for hydroxylation is 1. The summed E-state index contributed by atoms with van der Waals surface area (Å²) in [6.45, 7) is 2.08. The lowest BCUT2D eigenvalue weighted by molar-refractivity contribution is 0.472. The van der Waals surface area contributed by atoms with Gasteiger partial charge < -0.3 is 16.6 Å². The van der Waals surface area contributed by atoms with E-state index in [2.05, 4.69) is 21.9 Å². The Bertz CT molecular complexity index is 929. The van der Waals surface area contributed by atoms with Crippen molar-refractivity contribution in [2.45, 2.75) is 31.2 Å². The van der Waals surface area contributed by atoms with Crippen molar-refractivity contribution in [3.63, 3.8) is 0 Å². The standard InChI is InChI=1S/C18H21N5OS/c1-3-5-10-8-11(12-6-4-7-21-14(12)15(10)24)9-13-16(19)22-18(20)23-17(13)25-2/h4,6-8,24H,3,5,9H2,1-2H3,(H4,19,20,22,23). The molecule has 0 amide bonds. The summed E-state index contributed by atoms with van der Waals surface area (Å²) < 4.78 is 0. The van der Waals surface area contributed by atoms with E-state index in [9.17, 15) is 5.11 Å². The van der Waals surface area contributed by atoms with Gasteiger partial charge in [0.1, 0.15) is 22.1 Å². The predicted octanol–water partition coefficient (Wildman–Crippen LogP) is 3.16. The normalized spacial score (nSPS) is 11.1. The third-order valence-electron chi connectivity index (χ3n) is 4.13. The number of hydrogen-bond acceptors (Lipinski definition) is 7. The number of phenols is 1. The Labute approximate surface area is 150 Å². The molecule has 0 atom stereocenters. The second-order valence-electron chi connectivity index (χ2n) is 5.82. The lowest BCUT2D eigenvalue weighted by atomic mass is 9.96. The van der Waals surface area contributed by atoms with E-state index in [1.165, 1.54) is 11.8 Å². The summed E-state index contributed by atoms with van der Waals surface area (Å²) >= 11 is 1.49. The van der Waals surface area contributed by atoms with E-state index >= 15 is 0 Å². The quantitative estimate of drug-likeness (QED) is 0.476. The van der Waals surface area contributed by atoms with Crippen molar-refractivity contribution in [3.8, 4) is 5.75 Å². The molecule has 0 aliphatic rings. The molecule has 0 saturated heterocycles. The van der Waals surface area contributed by atoms with E-state index < -0.39 is 0 Å². The van der Waals surface area contributed by atoms with Crippen molar-refractivity contribution in [1.82, 2.24) is 15.0 Å². The van der Waals surface area contributed by atoms with Gasteiger partial charge in [0.2, 0.25) is 5.95 Å². The molecule has 0 bridgehead atoms. The molecule has 0 radical (unpaired) electrons. The summed E-state index contributed by atoms with van der Waals surface area (Å²) in [5.41, 5.74) is 15.2. The van der Waals surface area contributed by atoms with Crippen LogP contribution in [0.4, 0.5) is 11.8 Å². The number of aromatic nitrogens is 3. The Morgan fingerprint density at radius 2 is 2.00 bits per heavy atom. The van der Waals surface area contributed by atoms with Crippen molar-refractivity contribution in [1.29, 1.82) is 0 Å². The van der Waals surface area contributed by atoms with Gasteiger partial charge in [-0.15, -0.1) is 11.8 Å². The molecule has 3 aromatic rings. The van der Waals surface area contributed by atoms with E-state index in [4.69, 9.17) is 11.5 Å². The molecule has 7 heteroatoms. The first-order valence-electron chi connectivity index (χ1n) is 8.09. The number of anilines is 2. The smallest absolute Gasteiger partial charge is 0.223 e. The summed E-state index contributed by atoms with van der Waals surface area (Å²) in [5, 5.41) is 12.2. The molecule has 0 aliphatic heterocycles. The first-order chi connectivity index (χ1) is 12.0. The summed E-state index contributed by atoms with van der Waals surface area (Å²) in [5.74, 6) is 0.821. The van der Waals surface area contributed by atoms with Gasteiger partial charge in [-0.3, -0.25) is 4.98 Å². The summed E-state index contributed by atoms with van der Waals surface area (Å²) in [6.07, 6.45) is 5.91. The van der Waals surface area contributed by atoms with Crippen LogP contribution in [0.5, 0.6) is 5.75 Å². The molecule has 0 saturated carbocycles. The highest BCUT2D eigenvalue weighted by Gasteiger charge is 2.16. The molecule has 0 fully saturated rings. The molecule has 5 N–H and O–H groups in total. The van der Waals surface area contributed by atoms with Gasteiger partial charge in [0.05, 0.1) is 0 Å². The van der Waals surface area contributed by atoms with Crippen LogP contribution >= 0.6 is 11.8 Å².